The zero-order valence-electron chi connectivity index (χ0n) is 24.7. The lowest BCUT2D eigenvalue weighted by Crippen LogP contribution is -2.42. The molecule has 14 heteroatoms. The van der Waals surface area contributed by atoms with Crippen molar-refractivity contribution in [1.29, 1.82) is 0 Å². The number of hydrogen-bond donors (Lipinski definition) is 5. The first-order valence-corrected chi connectivity index (χ1v) is 16.0. The van der Waals surface area contributed by atoms with Crippen molar-refractivity contribution in [3.05, 3.63) is 83.9 Å². The van der Waals surface area contributed by atoms with Crippen LogP contribution in [0.2, 0.25) is 0 Å². The van der Waals surface area contributed by atoms with Crippen molar-refractivity contribution in [3.8, 4) is 0 Å². The van der Waals surface area contributed by atoms with E-state index in [1.165, 1.54) is 10.9 Å². The largest absolute Gasteiger partial charge is 0.387 e. The van der Waals surface area contributed by atoms with Gasteiger partial charge in [0, 0.05) is 19.0 Å². The number of imidazole rings is 1. The summed E-state index contributed by atoms with van der Waals surface area (Å²) in [6.07, 6.45) is -4.05. The van der Waals surface area contributed by atoms with Gasteiger partial charge in [0.25, 0.3) is 5.91 Å². The minimum Gasteiger partial charge on any atom is -0.387 e. The fourth-order valence-electron chi connectivity index (χ4n) is 5.06. The molecule has 0 spiro atoms. The van der Waals surface area contributed by atoms with Crippen LogP contribution in [0, 0.1) is 0 Å². The van der Waals surface area contributed by atoms with Crippen molar-refractivity contribution in [1.82, 2.24) is 29.6 Å². The Kier molecular flexibility index (Phi) is 9.56. The van der Waals surface area contributed by atoms with Crippen LogP contribution in [0.1, 0.15) is 49.9 Å². The second-order valence-electron chi connectivity index (χ2n) is 10.8. The monoisotopic (exact) mass is 623 g/mol. The zero-order chi connectivity index (χ0) is 31.4. The Morgan fingerprint density at radius 1 is 1.00 bits per heavy atom. The standard InChI is InChI=1S/C30H37N7O6S/c1-4-31-29(40)26-24(38)25(39)30(43-26)37-17-33-23-27(35-22(36-28(23)37)16-34-44(41,42)18(2)3)32-15-21(19-11-7-5-8-12-19)20-13-9-6-10-14-20/h5-14,17-18,21,24-26,30,34,38-39H,4,15-16H2,1-3H3,(H,31,40)(H,32,35,36)/t24-,25-,26-,30+/m0/s1. The number of likely N-dealkylation sites (N-methyl/N-ethyl adjacent to an activating group) is 1. The highest BCUT2D eigenvalue weighted by atomic mass is 32.2. The Morgan fingerprint density at radius 2 is 1.64 bits per heavy atom. The maximum atomic E-state index is 12.5. The Morgan fingerprint density at radius 3 is 2.23 bits per heavy atom. The average molecular weight is 624 g/mol. The summed E-state index contributed by atoms with van der Waals surface area (Å²) in [6.45, 7) is 5.41. The molecule has 1 aliphatic heterocycles. The number of nitrogens with zero attached hydrogens (tertiary/aromatic N) is 4. The quantitative estimate of drug-likeness (QED) is 0.156. The smallest absolute Gasteiger partial charge is 0.252 e. The highest BCUT2D eigenvalue weighted by molar-refractivity contribution is 7.90. The molecule has 44 heavy (non-hydrogen) atoms. The van der Waals surface area contributed by atoms with E-state index < -0.39 is 45.7 Å². The predicted octanol–water partition coefficient (Wildman–Crippen LogP) is 1.65. The summed E-state index contributed by atoms with van der Waals surface area (Å²) in [5, 5.41) is 26.8. The van der Waals surface area contributed by atoms with Crippen LogP contribution in [-0.2, 0) is 26.1 Å². The first-order chi connectivity index (χ1) is 21.1. The van der Waals surface area contributed by atoms with Crippen LogP contribution in [0.4, 0.5) is 5.82 Å². The molecule has 3 heterocycles. The fourth-order valence-corrected chi connectivity index (χ4v) is 5.72. The number of benzene rings is 2. The first-order valence-electron chi connectivity index (χ1n) is 14.5. The molecule has 5 rings (SSSR count). The van der Waals surface area contributed by atoms with Crippen LogP contribution in [0.5, 0.6) is 0 Å². The van der Waals surface area contributed by atoms with E-state index in [4.69, 9.17) is 4.74 Å². The number of aliphatic hydroxyl groups is 2. The number of anilines is 1. The van der Waals surface area contributed by atoms with E-state index in [2.05, 4.69) is 30.3 Å². The Bertz CT molecular complexity index is 1640. The summed E-state index contributed by atoms with van der Waals surface area (Å²) in [5.74, 6) is -0.118. The normalized spacial score (nSPS) is 20.4. The number of rotatable bonds is 12. The summed E-state index contributed by atoms with van der Waals surface area (Å²) < 4.78 is 34.8. The van der Waals surface area contributed by atoms with Gasteiger partial charge in [-0.3, -0.25) is 9.36 Å². The molecule has 2 aromatic heterocycles. The predicted molar refractivity (Wildman–Crippen MR) is 164 cm³/mol. The number of nitrogens with one attached hydrogen (secondary N) is 3. The van der Waals surface area contributed by atoms with Gasteiger partial charge in [-0.15, -0.1) is 0 Å². The molecule has 4 atom stereocenters. The SMILES string of the molecule is CCNC(=O)[C@H]1O[C@@H](n2cnc3c(NCC(c4ccccc4)c4ccccc4)nc(CNS(=O)(=O)C(C)C)nc32)[C@@H](O)[C@@H]1O. The maximum absolute atomic E-state index is 12.5. The molecule has 0 unspecified atom stereocenters. The van der Waals surface area contributed by atoms with Crippen molar-refractivity contribution < 1.29 is 28.2 Å². The zero-order valence-corrected chi connectivity index (χ0v) is 25.5. The topological polar surface area (TPSA) is 181 Å². The van der Waals surface area contributed by atoms with Crippen molar-refractivity contribution >= 4 is 32.9 Å². The van der Waals surface area contributed by atoms with Crippen molar-refractivity contribution in [3.63, 3.8) is 0 Å². The van der Waals surface area contributed by atoms with Gasteiger partial charge in [0.05, 0.1) is 18.1 Å². The van der Waals surface area contributed by atoms with Gasteiger partial charge in [-0.25, -0.2) is 28.1 Å². The molecule has 0 saturated carbocycles. The number of carbonyl (C=O) groups is 1. The van der Waals surface area contributed by atoms with Crippen LogP contribution >= 0.6 is 0 Å². The Labute approximate surface area is 255 Å². The van der Waals surface area contributed by atoms with Crippen molar-refractivity contribution in [2.75, 3.05) is 18.4 Å². The molecule has 1 amide bonds. The minimum absolute atomic E-state index is 0.0552. The highest BCUT2D eigenvalue weighted by Gasteiger charge is 2.47. The molecule has 1 aliphatic rings. The van der Waals surface area contributed by atoms with Crippen LogP contribution in [0.25, 0.3) is 11.2 Å². The number of amides is 1. The molecule has 1 fully saturated rings. The van der Waals surface area contributed by atoms with Gasteiger partial charge < -0.3 is 25.6 Å². The molecular formula is C30H37N7O6S. The molecule has 1 saturated heterocycles. The molecule has 4 aromatic rings. The van der Waals surface area contributed by atoms with Crippen LogP contribution in [-0.4, -0.2) is 80.7 Å². The number of ether oxygens (including phenoxy) is 1. The molecule has 0 bridgehead atoms. The third-order valence-corrected chi connectivity index (χ3v) is 9.31. The fraction of sp³-hybridized carbons (Fsp3) is 0.400. The van der Waals surface area contributed by atoms with Crippen LogP contribution < -0.4 is 15.4 Å². The molecular weight excluding hydrogens is 586 g/mol. The number of fused-ring (bicyclic) bond motifs is 1. The van der Waals surface area contributed by atoms with E-state index in [0.717, 1.165) is 11.1 Å². The Hall–Kier alpha value is -3.95. The lowest BCUT2D eigenvalue weighted by molar-refractivity contribution is -0.137. The van der Waals surface area contributed by atoms with Gasteiger partial charge >= 0.3 is 0 Å². The maximum Gasteiger partial charge on any atom is 0.252 e. The van der Waals surface area contributed by atoms with E-state index in [1.54, 1.807) is 20.8 Å². The number of aliphatic hydroxyl groups excluding tert-OH is 2. The summed E-state index contributed by atoms with van der Waals surface area (Å²) in [6, 6.07) is 20.0. The lowest BCUT2D eigenvalue weighted by Gasteiger charge is -2.20. The molecule has 234 valence electrons. The third-order valence-electron chi connectivity index (χ3n) is 7.52. The average Bonchev–Trinajstić information content (AvgIpc) is 3.57. The van der Waals surface area contributed by atoms with Gasteiger partial charge in [-0.05, 0) is 31.9 Å². The van der Waals surface area contributed by atoms with Crippen molar-refractivity contribution in [2.45, 2.75) is 63.0 Å². The number of hydrogen-bond acceptors (Lipinski definition) is 10. The van der Waals surface area contributed by atoms with Gasteiger partial charge in [0.15, 0.2) is 29.3 Å². The summed E-state index contributed by atoms with van der Waals surface area (Å²) in [4.78, 5) is 26.1. The van der Waals surface area contributed by atoms with Crippen molar-refractivity contribution in [2.24, 2.45) is 0 Å². The summed E-state index contributed by atoms with van der Waals surface area (Å²) in [5.41, 5.74) is 2.73. The molecule has 13 nitrogen and oxygen atoms in total. The molecule has 0 radical (unpaired) electrons. The van der Waals surface area contributed by atoms with E-state index in [1.807, 2.05) is 60.7 Å². The second-order valence-corrected chi connectivity index (χ2v) is 13.1. The second kappa shape index (κ2) is 13.4. The number of sulfonamides is 1. The van der Waals surface area contributed by atoms with Crippen LogP contribution in [0.15, 0.2) is 67.0 Å². The number of carbonyl (C=O) groups excluding carboxylic acids is 1. The lowest BCUT2D eigenvalue weighted by atomic mass is 9.91. The van der Waals surface area contributed by atoms with E-state index in [-0.39, 0.29) is 23.9 Å². The van der Waals surface area contributed by atoms with E-state index >= 15 is 0 Å². The van der Waals surface area contributed by atoms with Gasteiger partial charge in [0.2, 0.25) is 10.0 Å². The van der Waals surface area contributed by atoms with Gasteiger partial charge in [-0.2, -0.15) is 0 Å². The van der Waals surface area contributed by atoms with Crippen LogP contribution in [0.3, 0.4) is 0 Å². The Balaban J connectivity index is 1.52. The molecule has 0 aliphatic carbocycles. The minimum atomic E-state index is -3.63. The molecule has 5 N–H and O–H groups in total. The van der Waals surface area contributed by atoms with Gasteiger partial charge in [0.1, 0.15) is 18.0 Å². The molecule has 2 aromatic carbocycles. The van der Waals surface area contributed by atoms with E-state index in [9.17, 15) is 23.4 Å². The third kappa shape index (κ3) is 6.59. The number of aromatic nitrogens is 4. The van der Waals surface area contributed by atoms with Gasteiger partial charge in [-0.1, -0.05) is 60.7 Å². The summed E-state index contributed by atoms with van der Waals surface area (Å²) >= 11 is 0. The summed E-state index contributed by atoms with van der Waals surface area (Å²) in [7, 11) is -3.63. The highest BCUT2D eigenvalue weighted by Crippen LogP contribution is 2.33. The van der Waals surface area contributed by atoms with E-state index in [0.29, 0.717) is 24.4 Å². The first kappa shape index (κ1) is 31.5.